The Balaban J connectivity index is 2.53. The Morgan fingerprint density at radius 3 is 2.85 bits per heavy atom. The van der Waals surface area contributed by atoms with Gasteiger partial charge in [-0.05, 0) is 12.1 Å². The van der Waals surface area contributed by atoms with E-state index in [1.165, 1.54) is 6.33 Å². The standard InChI is InChI=1S/C7H5ClN4O/c8-6-3-1-2-5(10-6)7-11-9-4-12(7)13/h1-4,13H. The maximum absolute atomic E-state index is 9.20. The first kappa shape index (κ1) is 8.00. The van der Waals surface area contributed by atoms with E-state index >= 15 is 0 Å². The van der Waals surface area contributed by atoms with E-state index in [4.69, 9.17) is 11.6 Å². The molecule has 0 aliphatic heterocycles. The summed E-state index contributed by atoms with van der Waals surface area (Å²) in [7, 11) is 0. The largest absolute Gasteiger partial charge is 0.425 e. The number of hydrogen-bond acceptors (Lipinski definition) is 4. The summed E-state index contributed by atoms with van der Waals surface area (Å²) < 4.78 is 0.790. The van der Waals surface area contributed by atoms with Gasteiger partial charge in [0.2, 0.25) is 5.82 Å². The summed E-state index contributed by atoms with van der Waals surface area (Å²) in [6.07, 6.45) is 1.18. The Morgan fingerprint density at radius 1 is 1.38 bits per heavy atom. The number of pyridine rings is 1. The fraction of sp³-hybridized carbons (Fsp3) is 0. The quantitative estimate of drug-likeness (QED) is 0.551. The Kier molecular flexibility index (Phi) is 1.86. The fourth-order valence-corrected chi connectivity index (χ4v) is 1.10. The summed E-state index contributed by atoms with van der Waals surface area (Å²) in [5, 5.41) is 16.7. The zero-order valence-corrected chi connectivity index (χ0v) is 7.18. The second kappa shape index (κ2) is 3.02. The lowest BCUT2D eigenvalue weighted by Crippen LogP contribution is -1.94. The van der Waals surface area contributed by atoms with Crippen LogP contribution in [0.4, 0.5) is 0 Å². The molecule has 0 saturated carbocycles. The molecule has 0 unspecified atom stereocenters. The monoisotopic (exact) mass is 196 g/mol. The second-order valence-electron chi connectivity index (χ2n) is 2.34. The number of aromatic nitrogens is 4. The molecule has 2 heterocycles. The van der Waals surface area contributed by atoms with Crippen molar-refractivity contribution in [2.75, 3.05) is 0 Å². The van der Waals surface area contributed by atoms with E-state index in [2.05, 4.69) is 15.2 Å². The number of halogens is 1. The van der Waals surface area contributed by atoms with Gasteiger partial charge < -0.3 is 5.21 Å². The molecule has 0 aromatic carbocycles. The number of nitrogens with zero attached hydrogens (tertiary/aromatic N) is 4. The summed E-state index contributed by atoms with van der Waals surface area (Å²) in [5.41, 5.74) is 0.479. The number of rotatable bonds is 1. The first-order valence-electron chi connectivity index (χ1n) is 3.49. The van der Waals surface area contributed by atoms with E-state index < -0.39 is 0 Å². The molecule has 0 bridgehead atoms. The van der Waals surface area contributed by atoms with Gasteiger partial charge in [-0.15, -0.1) is 10.2 Å². The van der Waals surface area contributed by atoms with Crippen molar-refractivity contribution in [3.8, 4) is 11.5 Å². The van der Waals surface area contributed by atoms with Crippen molar-refractivity contribution in [1.29, 1.82) is 0 Å². The van der Waals surface area contributed by atoms with Crippen molar-refractivity contribution in [2.24, 2.45) is 0 Å². The molecule has 0 radical (unpaired) electrons. The topological polar surface area (TPSA) is 63.8 Å². The van der Waals surface area contributed by atoms with E-state index in [1.54, 1.807) is 18.2 Å². The van der Waals surface area contributed by atoms with Gasteiger partial charge in [-0.25, -0.2) is 4.98 Å². The Morgan fingerprint density at radius 2 is 2.23 bits per heavy atom. The highest BCUT2D eigenvalue weighted by atomic mass is 35.5. The van der Waals surface area contributed by atoms with E-state index in [9.17, 15) is 5.21 Å². The highest BCUT2D eigenvalue weighted by Gasteiger charge is 2.07. The van der Waals surface area contributed by atoms with Crippen molar-refractivity contribution in [2.45, 2.75) is 0 Å². The van der Waals surface area contributed by atoms with Gasteiger partial charge in [0.1, 0.15) is 10.8 Å². The van der Waals surface area contributed by atoms with Gasteiger partial charge in [0.05, 0.1) is 0 Å². The lowest BCUT2D eigenvalue weighted by atomic mass is 10.3. The molecule has 0 fully saturated rings. The molecule has 6 heteroatoms. The predicted molar refractivity (Wildman–Crippen MR) is 45.4 cm³/mol. The minimum absolute atomic E-state index is 0.266. The Labute approximate surface area is 78.6 Å². The summed E-state index contributed by atoms with van der Waals surface area (Å²) in [4.78, 5) is 3.96. The van der Waals surface area contributed by atoms with E-state index in [-0.39, 0.29) is 5.82 Å². The third-order valence-electron chi connectivity index (χ3n) is 1.47. The highest BCUT2D eigenvalue weighted by molar-refractivity contribution is 6.29. The summed E-state index contributed by atoms with van der Waals surface area (Å²) >= 11 is 5.66. The van der Waals surface area contributed by atoms with Gasteiger partial charge in [-0.1, -0.05) is 17.7 Å². The molecular weight excluding hydrogens is 192 g/mol. The summed E-state index contributed by atoms with van der Waals surface area (Å²) in [6.45, 7) is 0. The summed E-state index contributed by atoms with van der Waals surface area (Å²) in [6, 6.07) is 5.05. The zero-order valence-electron chi connectivity index (χ0n) is 6.42. The zero-order chi connectivity index (χ0) is 9.26. The molecule has 13 heavy (non-hydrogen) atoms. The molecule has 1 N–H and O–H groups in total. The van der Waals surface area contributed by atoms with Gasteiger partial charge in [0.25, 0.3) is 0 Å². The molecule has 0 aliphatic rings. The number of hydrogen-bond donors (Lipinski definition) is 1. The molecule has 0 amide bonds. The van der Waals surface area contributed by atoms with E-state index in [0.29, 0.717) is 10.8 Å². The molecule has 5 nitrogen and oxygen atoms in total. The third kappa shape index (κ3) is 1.46. The van der Waals surface area contributed by atoms with Gasteiger partial charge in [-0.3, -0.25) is 0 Å². The normalized spacial score (nSPS) is 10.2. The first-order valence-corrected chi connectivity index (χ1v) is 3.87. The first-order chi connectivity index (χ1) is 6.27. The van der Waals surface area contributed by atoms with Crippen LogP contribution in [-0.4, -0.2) is 25.1 Å². The summed E-state index contributed by atoms with van der Waals surface area (Å²) in [5.74, 6) is 0.266. The fourth-order valence-electron chi connectivity index (χ4n) is 0.931. The van der Waals surface area contributed by atoms with Crippen LogP contribution in [0.3, 0.4) is 0 Å². The van der Waals surface area contributed by atoms with Crippen LogP contribution in [0.15, 0.2) is 24.5 Å². The van der Waals surface area contributed by atoms with Crippen molar-refractivity contribution in [1.82, 2.24) is 19.9 Å². The van der Waals surface area contributed by atoms with Crippen LogP contribution in [-0.2, 0) is 0 Å². The Hall–Kier alpha value is -1.62. The molecule has 2 aromatic heterocycles. The average Bonchev–Trinajstić information content (AvgIpc) is 2.51. The minimum Gasteiger partial charge on any atom is -0.425 e. The lowest BCUT2D eigenvalue weighted by Gasteiger charge is -1.97. The van der Waals surface area contributed by atoms with Crippen molar-refractivity contribution in [3.05, 3.63) is 29.7 Å². The van der Waals surface area contributed by atoms with Gasteiger partial charge in [-0.2, -0.15) is 4.73 Å². The molecule has 2 aromatic rings. The van der Waals surface area contributed by atoms with Crippen molar-refractivity contribution >= 4 is 11.6 Å². The lowest BCUT2D eigenvalue weighted by molar-refractivity contribution is 0.189. The van der Waals surface area contributed by atoms with Crippen molar-refractivity contribution in [3.63, 3.8) is 0 Å². The molecule has 0 spiro atoms. The van der Waals surface area contributed by atoms with Crippen LogP contribution in [0.5, 0.6) is 0 Å². The van der Waals surface area contributed by atoms with Gasteiger partial charge >= 0.3 is 0 Å². The Bertz CT molecular complexity index is 428. The highest BCUT2D eigenvalue weighted by Crippen LogP contribution is 2.14. The van der Waals surface area contributed by atoms with Gasteiger partial charge in [0.15, 0.2) is 6.33 Å². The van der Waals surface area contributed by atoms with Crippen LogP contribution in [0, 0.1) is 0 Å². The average molecular weight is 197 g/mol. The van der Waals surface area contributed by atoms with Gasteiger partial charge in [0, 0.05) is 0 Å². The van der Waals surface area contributed by atoms with Crippen LogP contribution >= 0.6 is 11.6 Å². The van der Waals surface area contributed by atoms with Crippen LogP contribution in [0.25, 0.3) is 11.5 Å². The van der Waals surface area contributed by atoms with Crippen molar-refractivity contribution < 1.29 is 5.21 Å². The SMILES string of the molecule is On1cnnc1-c1cccc(Cl)n1. The molecule has 0 aliphatic carbocycles. The maximum Gasteiger partial charge on any atom is 0.217 e. The minimum atomic E-state index is 0.266. The second-order valence-corrected chi connectivity index (χ2v) is 2.73. The third-order valence-corrected chi connectivity index (χ3v) is 1.69. The van der Waals surface area contributed by atoms with Crippen LogP contribution in [0.1, 0.15) is 0 Å². The van der Waals surface area contributed by atoms with E-state index in [1.807, 2.05) is 0 Å². The molecule has 2 rings (SSSR count). The maximum atomic E-state index is 9.20. The molecular formula is C7H5ClN4O. The van der Waals surface area contributed by atoms with E-state index in [0.717, 1.165) is 4.73 Å². The predicted octanol–water partition coefficient (Wildman–Crippen LogP) is 1.23. The molecule has 0 atom stereocenters. The molecule has 0 saturated heterocycles. The van der Waals surface area contributed by atoms with Crippen LogP contribution < -0.4 is 0 Å². The molecule has 66 valence electrons. The van der Waals surface area contributed by atoms with Crippen LogP contribution in [0.2, 0.25) is 5.15 Å². The smallest absolute Gasteiger partial charge is 0.217 e.